The van der Waals surface area contributed by atoms with E-state index in [1.54, 1.807) is 6.92 Å². The largest absolute Gasteiger partial charge is 0.463 e. The standard InChI is InChI=1S/C20H21BrO2/c1-3-23-20(22)15(2)13-19(14-21)18-11-9-17(10-12-18)16-7-5-4-6-8-16/h4-12,19H,2-3,13-14H2,1H3. The Bertz CT molecular complexity index is 647. The fourth-order valence-corrected chi connectivity index (χ4v) is 3.06. The first-order valence-corrected chi connectivity index (χ1v) is 8.84. The highest BCUT2D eigenvalue weighted by Crippen LogP contribution is 2.28. The van der Waals surface area contributed by atoms with E-state index >= 15 is 0 Å². The molecule has 0 aliphatic heterocycles. The van der Waals surface area contributed by atoms with Gasteiger partial charge >= 0.3 is 5.97 Å². The number of benzene rings is 2. The number of ether oxygens (including phenoxy) is 1. The molecule has 0 aliphatic rings. The van der Waals surface area contributed by atoms with E-state index in [-0.39, 0.29) is 11.9 Å². The predicted octanol–water partition coefficient (Wildman–Crippen LogP) is 5.34. The highest BCUT2D eigenvalue weighted by atomic mass is 79.9. The summed E-state index contributed by atoms with van der Waals surface area (Å²) in [6.07, 6.45) is 0.592. The molecule has 1 atom stereocenters. The molecule has 0 fully saturated rings. The van der Waals surface area contributed by atoms with Gasteiger partial charge in [0.2, 0.25) is 0 Å². The van der Waals surface area contributed by atoms with E-state index < -0.39 is 0 Å². The molecule has 0 N–H and O–H groups in total. The molecule has 2 aromatic rings. The third kappa shape index (κ3) is 4.80. The average Bonchev–Trinajstić information content (AvgIpc) is 2.60. The molecule has 0 bridgehead atoms. The number of alkyl halides is 1. The normalized spacial score (nSPS) is 11.7. The van der Waals surface area contributed by atoms with Gasteiger partial charge in [-0.15, -0.1) is 0 Å². The van der Waals surface area contributed by atoms with Crippen LogP contribution < -0.4 is 0 Å². The Balaban J connectivity index is 2.10. The number of carbonyl (C=O) groups excluding carboxylic acids is 1. The van der Waals surface area contributed by atoms with Crippen LogP contribution in [0.5, 0.6) is 0 Å². The van der Waals surface area contributed by atoms with Crippen molar-refractivity contribution < 1.29 is 9.53 Å². The van der Waals surface area contributed by atoms with Crippen LogP contribution in [0, 0.1) is 0 Å². The van der Waals surface area contributed by atoms with E-state index in [0.29, 0.717) is 18.6 Å². The minimum atomic E-state index is -0.306. The van der Waals surface area contributed by atoms with Crippen molar-refractivity contribution in [2.45, 2.75) is 19.3 Å². The molecule has 0 aromatic heterocycles. The number of hydrogen-bond donors (Lipinski definition) is 0. The monoisotopic (exact) mass is 372 g/mol. The van der Waals surface area contributed by atoms with Crippen molar-refractivity contribution in [2.24, 2.45) is 0 Å². The molecule has 3 heteroatoms. The summed E-state index contributed by atoms with van der Waals surface area (Å²) < 4.78 is 5.01. The molecule has 0 saturated carbocycles. The maximum absolute atomic E-state index is 11.7. The van der Waals surface area contributed by atoms with Crippen molar-refractivity contribution in [3.05, 3.63) is 72.3 Å². The Kier molecular flexibility index (Phi) is 6.60. The maximum atomic E-state index is 11.7. The molecule has 2 aromatic carbocycles. The summed E-state index contributed by atoms with van der Waals surface area (Å²) in [4.78, 5) is 11.7. The van der Waals surface area contributed by atoms with Crippen LogP contribution in [-0.4, -0.2) is 17.9 Å². The summed E-state index contributed by atoms with van der Waals surface area (Å²) in [5.41, 5.74) is 4.09. The SMILES string of the molecule is C=C(CC(CBr)c1ccc(-c2ccccc2)cc1)C(=O)OCC. The number of rotatable bonds is 7. The van der Waals surface area contributed by atoms with Crippen molar-refractivity contribution in [1.82, 2.24) is 0 Å². The van der Waals surface area contributed by atoms with Crippen LogP contribution in [0.2, 0.25) is 0 Å². The lowest BCUT2D eigenvalue weighted by Crippen LogP contribution is -2.11. The zero-order valence-electron chi connectivity index (χ0n) is 13.3. The molecule has 0 amide bonds. The molecule has 0 aliphatic carbocycles. The number of carbonyl (C=O) groups is 1. The van der Waals surface area contributed by atoms with Crippen LogP contribution in [0.4, 0.5) is 0 Å². The Morgan fingerprint density at radius 3 is 2.26 bits per heavy atom. The van der Waals surface area contributed by atoms with Crippen molar-refractivity contribution in [3.8, 4) is 11.1 Å². The van der Waals surface area contributed by atoms with Gasteiger partial charge in [0, 0.05) is 10.9 Å². The molecular weight excluding hydrogens is 352 g/mol. The van der Waals surface area contributed by atoms with Crippen LogP contribution in [0.1, 0.15) is 24.8 Å². The molecule has 0 heterocycles. The van der Waals surface area contributed by atoms with Crippen molar-refractivity contribution >= 4 is 21.9 Å². The molecule has 120 valence electrons. The Morgan fingerprint density at radius 2 is 1.70 bits per heavy atom. The van der Waals surface area contributed by atoms with Crippen LogP contribution in [0.15, 0.2) is 66.7 Å². The fourth-order valence-electron chi connectivity index (χ4n) is 2.45. The smallest absolute Gasteiger partial charge is 0.333 e. The van der Waals surface area contributed by atoms with Gasteiger partial charge in [0.1, 0.15) is 0 Å². The Morgan fingerprint density at radius 1 is 1.09 bits per heavy atom. The summed E-state index contributed by atoms with van der Waals surface area (Å²) in [5, 5.41) is 0.774. The third-order valence-electron chi connectivity index (χ3n) is 3.73. The number of halogens is 1. The first-order valence-electron chi connectivity index (χ1n) is 7.72. The Labute approximate surface area is 146 Å². The van der Waals surface area contributed by atoms with E-state index in [1.165, 1.54) is 16.7 Å². The second-order valence-corrected chi connectivity index (χ2v) is 6.01. The molecule has 0 saturated heterocycles. The first-order chi connectivity index (χ1) is 11.2. The average molecular weight is 373 g/mol. The highest BCUT2D eigenvalue weighted by molar-refractivity contribution is 9.09. The maximum Gasteiger partial charge on any atom is 0.333 e. The van der Waals surface area contributed by atoms with Gasteiger partial charge in [0.25, 0.3) is 0 Å². The molecule has 0 spiro atoms. The lowest BCUT2D eigenvalue weighted by atomic mass is 9.92. The molecule has 1 unspecified atom stereocenters. The third-order valence-corrected chi connectivity index (χ3v) is 4.51. The van der Waals surface area contributed by atoms with Gasteiger partial charge in [-0.2, -0.15) is 0 Å². The minimum absolute atomic E-state index is 0.205. The van der Waals surface area contributed by atoms with E-state index in [9.17, 15) is 4.79 Å². The second-order valence-electron chi connectivity index (χ2n) is 5.37. The van der Waals surface area contributed by atoms with Gasteiger partial charge in [0.05, 0.1) is 6.61 Å². The van der Waals surface area contributed by atoms with E-state index in [1.807, 2.05) is 18.2 Å². The number of esters is 1. The summed E-state index contributed by atoms with van der Waals surface area (Å²) in [6.45, 7) is 6.03. The molecule has 0 radical (unpaired) electrons. The topological polar surface area (TPSA) is 26.3 Å². The van der Waals surface area contributed by atoms with Gasteiger partial charge in [-0.3, -0.25) is 0 Å². The van der Waals surface area contributed by atoms with E-state index in [4.69, 9.17) is 4.74 Å². The molecular formula is C20H21BrO2. The van der Waals surface area contributed by atoms with Gasteiger partial charge < -0.3 is 4.74 Å². The van der Waals surface area contributed by atoms with Crippen LogP contribution in [0.3, 0.4) is 0 Å². The van der Waals surface area contributed by atoms with Crippen molar-refractivity contribution in [1.29, 1.82) is 0 Å². The summed E-state index contributed by atoms with van der Waals surface area (Å²) in [7, 11) is 0. The van der Waals surface area contributed by atoms with Gasteiger partial charge in [0.15, 0.2) is 0 Å². The summed E-state index contributed by atoms with van der Waals surface area (Å²) in [5.74, 6) is -0.101. The lowest BCUT2D eigenvalue weighted by Gasteiger charge is -2.16. The van der Waals surface area contributed by atoms with Gasteiger partial charge in [-0.05, 0) is 36.0 Å². The Hall–Kier alpha value is -1.87. The molecule has 2 rings (SSSR count). The van der Waals surface area contributed by atoms with E-state index in [0.717, 1.165) is 5.33 Å². The number of hydrogen-bond acceptors (Lipinski definition) is 2. The lowest BCUT2D eigenvalue weighted by molar-refractivity contribution is -0.138. The van der Waals surface area contributed by atoms with Gasteiger partial charge in [-0.1, -0.05) is 77.1 Å². The quantitative estimate of drug-likeness (QED) is 0.372. The van der Waals surface area contributed by atoms with Gasteiger partial charge in [-0.25, -0.2) is 4.79 Å². The first kappa shape index (κ1) is 17.5. The van der Waals surface area contributed by atoms with Crippen LogP contribution >= 0.6 is 15.9 Å². The predicted molar refractivity (Wildman–Crippen MR) is 98.8 cm³/mol. The minimum Gasteiger partial charge on any atom is -0.463 e. The molecule has 23 heavy (non-hydrogen) atoms. The van der Waals surface area contributed by atoms with Crippen molar-refractivity contribution in [2.75, 3.05) is 11.9 Å². The van der Waals surface area contributed by atoms with Crippen LogP contribution in [-0.2, 0) is 9.53 Å². The van der Waals surface area contributed by atoms with Crippen LogP contribution in [0.25, 0.3) is 11.1 Å². The summed E-state index contributed by atoms with van der Waals surface area (Å²) in [6, 6.07) is 18.8. The van der Waals surface area contributed by atoms with E-state index in [2.05, 4.69) is 58.9 Å². The zero-order valence-corrected chi connectivity index (χ0v) is 14.9. The highest BCUT2D eigenvalue weighted by Gasteiger charge is 2.16. The summed E-state index contributed by atoms with van der Waals surface area (Å²) >= 11 is 3.54. The zero-order chi connectivity index (χ0) is 16.7. The second kappa shape index (κ2) is 8.68. The fraction of sp³-hybridized carbons (Fsp3) is 0.250. The molecule has 2 nitrogen and oxygen atoms in total. The van der Waals surface area contributed by atoms with Crippen molar-refractivity contribution in [3.63, 3.8) is 0 Å².